The zero-order valence-electron chi connectivity index (χ0n) is 12.1. The number of alkyl halides is 2. The number of benzene rings is 1. The molecule has 0 amide bonds. The first kappa shape index (κ1) is 15.7. The first-order valence-electron chi connectivity index (χ1n) is 7.35. The molecule has 0 N–H and O–H groups in total. The molecular formula is C16H20F2O3. The van der Waals surface area contributed by atoms with Crippen molar-refractivity contribution in [3.63, 3.8) is 0 Å². The van der Waals surface area contributed by atoms with Crippen molar-refractivity contribution >= 4 is 5.97 Å². The zero-order chi connectivity index (χ0) is 15.2. The highest BCUT2D eigenvalue weighted by molar-refractivity contribution is 5.75. The number of carbonyl (C=O) groups is 1. The van der Waals surface area contributed by atoms with Crippen molar-refractivity contribution in [2.45, 2.75) is 45.6 Å². The van der Waals surface area contributed by atoms with E-state index in [1.54, 1.807) is 0 Å². The monoisotopic (exact) mass is 298 g/mol. The Bertz CT molecular complexity index is 451. The van der Waals surface area contributed by atoms with E-state index in [4.69, 9.17) is 4.74 Å². The second kappa shape index (κ2) is 7.38. The molecule has 0 heterocycles. The molecule has 0 spiro atoms. The summed E-state index contributed by atoms with van der Waals surface area (Å²) in [5, 5.41) is 0. The Morgan fingerprint density at radius 1 is 1.14 bits per heavy atom. The van der Waals surface area contributed by atoms with Crippen LogP contribution in [0.3, 0.4) is 0 Å². The van der Waals surface area contributed by atoms with E-state index in [9.17, 15) is 13.6 Å². The van der Waals surface area contributed by atoms with Crippen molar-refractivity contribution in [3.05, 3.63) is 24.3 Å². The Morgan fingerprint density at radius 3 is 2.24 bits per heavy atom. The lowest BCUT2D eigenvalue weighted by Crippen LogP contribution is -2.25. The van der Waals surface area contributed by atoms with Crippen LogP contribution in [0, 0.1) is 11.8 Å². The van der Waals surface area contributed by atoms with Gasteiger partial charge in [-0.25, -0.2) is 0 Å². The van der Waals surface area contributed by atoms with Crippen LogP contribution in [0.15, 0.2) is 24.3 Å². The predicted octanol–water partition coefficient (Wildman–Crippen LogP) is 4.41. The number of carbonyl (C=O) groups excluding carboxylic acids is 1. The van der Waals surface area contributed by atoms with Crippen LogP contribution in [0.4, 0.5) is 8.78 Å². The Labute approximate surface area is 123 Å². The van der Waals surface area contributed by atoms with Gasteiger partial charge in [-0.3, -0.25) is 4.79 Å². The lowest BCUT2D eigenvalue weighted by molar-refractivity contribution is -0.140. The average molecular weight is 298 g/mol. The Balaban J connectivity index is 1.85. The fourth-order valence-corrected chi connectivity index (χ4v) is 2.70. The average Bonchev–Trinajstić information content (AvgIpc) is 2.49. The van der Waals surface area contributed by atoms with Gasteiger partial charge in [0.1, 0.15) is 11.5 Å². The smallest absolute Gasteiger partial charge is 0.387 e. The fourth-order valence-electron chi connectivity index (χ4n) is 2.70. The van der Waals surface area contributed by atoms with Gasteiger partial charge in [0.15, 0.2) is 0 Å². The summed E-state index contributed by atoms with van der Waals surface area (Å²) in [6.07, 6.45) is 5.02. The molecule has 0 aliphatic heterocycles. The van der Waals surface area contributed by atoms with Gasteiger partial charge in [0, 0.05) is 0 Å². The Kier molecular flexibility index (Phi) is 5.53. The van der Waals surface area contributed by atoms with Gasteiger partial charge in [-0.05, 0) is 55.9 Å². The molecule has 0 unspecified atom stereocenters. The third-order valence-electron chi connectivity index (χ3n) is 4.02. The maximum absolute atomic E-state index is 12.1. The van der Waals surface area contributed by atoms with Crippen molar-refractivity contribution in [2.75, 3.05) is 0 Å². The fraction of sp³-hybridized carbons (Fsp3) is 0.562. The zero-order valence-corrected chi connectivity index (χ0v) is 12.1. The Hall–Kier alpha value is -1.65. The molecule has 0 atom stereocenters. The molecule has 0 bridgehead atoms. The van der Waals surface area contributed by atoms with Crippen LogP contribution < -0.4 is 9.47 Å². The number of esters is 1. The molecule has 0 saturated heterocycles. The van der Waals surface area contributed by atoms with E-state index in [-0.39, 0.29) is 17.6 Å². The minimum atomic E-state index is -2.85. The third-order valence-corrected chi connectivity index (χ3v) is 4.02. The van der Waals surface area contributed by atoms with Gasteiger partial charge in [0.05, 0.1) is 5.92 Å². The van der Waals surface area contributed by atoms with Gasteiger partial charge in [0.2, 0.25) is 0 Å². The van der Waals surface area contributed by atoms with Gasteiger partial charge in [-0.2, -0.15) is 8.78 Å². The molecule has 1 aromatic carbocycles. The minimum absolute atomic E-state index is 0.0493. The molecule has 1 aliphatic carbocycles. The van der Waals surface area contributed by atoms with Crippen molar-refractivity contribution in [1.29, 1.82) is 0 Å². The van der Waals surface area contributed by atoms with E-state index in [0.29, 0.717) is 5.75 Å². The van der Waals surface area contributed by atoms with E-state index in [0.717, 1.165) is 38.0 Å². The van der Waals surface area contributed by atoms with Crippen molar-refractivity contribution in [2.24, 2.45) is 11.8 Å². The molecule has 0 aromatic heterocycles. The maximum Gasteiger partial charge on any atom is 0.387 e. The Morgan fingerprint density at radius 2 is 1.71 bits per heavy atom. The van der Waals surface area contributed by atoms with Crippen LogP contribution in [-0.4, -0.2) is 12.6 Å². The summed E-state index contributed by atoms with van der Waals surface area (Å²) < 4.78 is 33.6. The molecule has 3 nitrogen and oxygen atoms in total. The predicted molar refractivity (Wildman–Crippen MR) is 74.4 cm³/mol. The van der Waals surface area contributed by atoms with E-state index in [2.05, 4.69) is 11.7 Å². The summed E-state index contributed by atoms with van der Waals surface area (Å²) in [5.41, 5.74) is 0. The number of halogens is 2. The topological polar surface area (TPSA) is 35.5 Å². The van der Waals surface area contributed by atoms with Crippen LogP contribution in [0.2, 0.25) is 0 Å². The largest absolute Gasteiger partial charge is 0.435 e. The van der Waals surface area contributed by atoms with Gasteiger partial charge >= 0.3 is 12.6 Å². The summed E-state index contributed by atoms with van der Waals surface area (Å²) in [6, 6.07) is 5.66. The summed E-state index contributed by atoms with van der Waals surface area (Å²) in [4.78, 5) is 12.1. The van der Waals surface area contributed by atoms with Gasteiger partial charge in [0.25, 0.3) is 0 Å². The van der Waals surface area contributed by atoms with Gasteiger partial charge < -0.3 is 9.47 Å². The van der Waals surface area contributed by atoms with Crippen LogP contribution in [0.5, 0.6) is 11.5 Å². The highest BCUT2D eigenvalue weighted by Gasteiger charge is 2.26. The standard InChI is InChI=1S/C16H20F2O3/c1-2-11-3-5-12(6-4-11)15(19)20-13-7-9-14(10-8-13)21-16(17)18/h7-12,16H,2-6H2,1H3. The molecule has 21 heavy (non-hydrogen) atoms. The summed E-state index contributed by atoms with van der Waals surface area (Å²) in [5.74, 6) is 0.851. The van der Waals surface area contributed by atoms with E-state index in [1.807, 2.05) is 0 Å². The second-order valence-corrected chi connectivity index (χ2v) is 5.40. The number of rotatable bonds is 5. The minimum Gasteiger partial charge on any atom is -0.435 e. The SMILES string of the molecule is CCC1CCC(C(=O)Oc2ccc(OC(F)F)cc2)CC1. The first-order valence-corrected chi connectivity index (χ1v) is 7.35. The quantitative estimate of drug-likeness (QED) is 0.596. The number of hydrogen-bond donors (Lipinski definition) is 0. The van der Waals surface area contributed by atoms with Gasteiger partial charge in [-0.15, -0.1) is 0 Å². The molecule has 116 valence electrons. The molecule has 1 saturated carbocycles. The maximum atomic E-state index is 12.1. The van der Waals surface area contributed by atoms with E-state index < -0.39 is 6.61 Å². The number of ether oxygens (including phenoxy) is 2. The lowest BCUT2D eigenvalue weighted by Gasteiger charge is -2.26. The summed E-state index contributed by atoms with van der Waals surface area (Å²) >= 11 is 0. The summed E-state index contributed by atoms with van der Waals surface area (Å²) in [6.45, 7) is -0.682. The highest BCUT2D eigenvalue weighted by Crippen LogP contribution is 2.31. The molecular weight excluding hydrogens is 278 g/mol. The molecule has 2 rings (SSSR count). The molecule has 0 radical (unpaired) electrons. The highest BCUT2D eigenvalue weighted by atomic mass is 19.3. The molecule has 1 fully saturated rings. The normalized spacial score (nSPS) is 22.1. The first-order chi connectivity index (χ1) is 10.1. The van der Waals surface area contributed by atoms with Crippen LogP contribution in [0.25, 0.3) is 0 Å². The molecule has 1 aliphatic rings. The van der Waals surface area contributed by atoms with Crippen LogP contribution in [0.1, 0.15) is 39.0 Å². The van der Waals surface area contributed by atoms with Crippen LogP contribution in [-0.2, 0) is 4.79 Å². The van der Waals surface area contributed by atoms with Crippen molar-refractivity contribution in [3.8, 4) is 11.5 Å². The molecule has 1 aromatic rings. The third kappa shape index (κ3) is 4.69. The van der Waals surface area contributed by atoms with E-state index >= 15 is 0 Å². The van der Waals surface area contributed by atoms with E-state index in [1.165, 1.54) is 24.3 Å². The lowest BCUT2D eigenvalue weighted by atomic mass is 9.81. The van der Waals surface area contributed by atoms with Crippen molar-refractivity contribution < 1.29 is 23.0 Å². The second-order valence-electron chi connectivity index (χ2n) is 5.40. The van der Waals surface area contributed by atoms with Gasteiger partial charge in [-0.1, -0.05) is 13.3 Å². The molecule has 5 heteroatoms. The number of hydrogen-bond acceptors (Lipinski definition) is 3. The summed E-state index contributed by atoms with van der Waals surface area (Å²) in [7, 11) is 0. The van der Waals surface area contributed by atoms with Crippen molar-refractivity contribution in [1.82, 2.24) is 0 Å². The van der Waals surface area contributed by atoms with Crippen LogP contribution >= 0.6 is 0 Å².